The summed E-state index contributed by atoms with van der Waals surface area (Å²) in [6.07, 6.45) is 6.09. The van der Waals surface area contributed by atoms with Crippen molar-refractivity contribution < 1.29 is 23.8 Å². The van der Waals surface area contributed by atoms with E-state index in [-0.39, 0.29) is 17.3 Å². The number of hydrogen-bond donors (Lipinski definition) is 2. The molecule has 1 heterocycles. The topological polar surface area (TPSA) is 70.4 Å². The molecule has 0 amide bonds. The molecule has 3 aliphatic rings. The smallest absolute Gasteiger partial charge is 0.193 e. The molecule has 44 heavy (non-hydrogen) atoms. The molecule has 230 valence electrons. The average Bonchev–Trinajstić information content (AvgIpc) is 3.54. The molecule has 0 spiro atoms. The average molecular weight is 634 g/mol. The molecular formula is C36H37F2NO3S2. The van der Waals surface area contributed by atoms with E-state index < -0.39 is 28.8 Å². The van der Waals surface area contributed by atoms with Gasteiger partial charge in [-0.25, -0.2) is 13.8 Å². The third-order valence-electron chi connectivity index (χ3n) is 9.81. The number of aliphatic hydroxyl groups excluding tert-OH is 1. The highest BCUT2D eigenvalue weighted by Crippen LogP contribution is 2.59. The number of para-hydroxylation sites is 1. The number of nitrogens with zero attached hydrogens (tertiary/aromatic N) is 1. The Labute approximate surface area is 265 Å². The summed E-state index contributed by atoms with van der Waals surface area (Å²) >= 11 is 3.21. The number of aromatic nitrogens is 1. The van der Waals surface area contributed by atoms with E-state index in [1.165, 1.54) is 11.6 Å². The van der Waals surface area contributed by atoms with Gasteiger partial charge in [0, 0.05) is 22.3 Å². The largest absolute Gasteiger partial charge is 0.393 e. The molecule has 8 heteroatoms. The number of benzene rings is 3. The normalized spacial score (nSPS) is 25.9. The molecule has 4 atom stereocenters. The molecule has 1 aromatic heterocycles. The van der Waals surface area contributed by atoms with Crippen LogP contribution in [-0.2, 0) is 6.42 Å². The zero-order valence-electron chi connectivity index (χ0n) is 25.0. The van der Waals surface area contributed by atoms with Crippen LogP contribution in [0.2, 0.25) is 0 Å². The summed E-state index contributed by atoms with van der Waals surface area (Å²) in [5, 5.41) is 23.3. The first kappa shape index (κ1) is 31.1. The van der Waals surface area contributed by atoms with Crippen LogP contribution < -0.4 is 0 Å². The van der Waals surface area contributed by atoms with Gasteiger partial charge in [0.05, 0.1) is 21.9 Å². The van der Waals surface area contributed by atoms with Gasteiger partial charge in [-0.05, 0) is 105 Å². The summed E-state index contributed by atoms with van der Waals surface area (Å²) in [7, 11) is 0. The highest BCUT2D eigenvalue weighted by Gasteiger charge is 2.56. The van der Waals surface area contributed by atoms with E-state index >= 15 is 0 Å². The highest BCUT2D eigenvalue weighted by molar-refractivity contribution is 8.01. The first-order chi connectivity index (χ1) is 21.1. The Balaban J connectivity index is 1.41. The molecular weight excluding hydrogens is 597 g/mol. The molecule has 1 saturated carbocycles. The maximum atomic E-state index is 14.2. The van der Waals surface area contributed by atoms with Gasteiger partial charge in [0.15, 0.2) is 21.8 Å². The molecule has 7 rings (SSSR count). The van der Waals surface area contributed by atoms with Crippen molar-refractivity contribution in [3.63, 3.8) is 0 Å². The predicted molar refractivity (Wildman–Crippen MR) is 174 cm³/mol. The summed E-state index contributed by atoms with van der Waals surface area (Å²) in [6.45, 7) is 4.23. The molecule has 0 aliphatic heterocycles. The zero-order chi connectivity index (χ0) is 31.1. The number of thioether (sulfide) groups is 1. The second-order valence-corrected chi connectivity index (χ2v) is 14.9. The van der Waals surface area contributed by atoms with Crippen LogP contribution in [-0.4, -0.2) is 38.4 Å². The van der Waals surface area contributed by atoms with Crippen molar-refractivity contribution in [2.75, 3.05) is 5.75 Å². The van der Waals surface area contributed by atoms with Crippen LogP contribution in [0.4, 0.5) is 8.78 Å². The lowest BCUT2D eigenvalue weighted by Crippen LogP contribution is -2.46. The van der Waals surface area contributed by atoms with Gasteiger partial charge in [-0.2, -0.15) is 0 Å². The first-order valence-electron chi connectivity index (χ1n) is 15.2. The van der Waals surface area contributed by atoms with E-state index in [2.05, 4.69) is 26.0 Å². The van der Waals surface area contributed by atoms with E-state index in [4.69, 9.17) is 4.98 Å². The van der Waals surface area contributed by atoms with Crippen LogP contribution in [0.1, 0.15) is 85.3 Å². The lowest BCUT2D eigenvalue weighted by Gasteiger charge is -2.44. The highest BCUT2D eigenvalue weighted by atomic mass is 32.2. The van der Waals surface area contributed by atoms with Crippen LogP contribution in [0.25, 0.3) is 10.2 Å². The maximum Gasteiger partial charge on any atom is 0.193 e. The molecule has 4 aromatic rings. The molecule has 2 N–H and O–H groups in total. The molecule has 3 aromatic carbocycles. The van der Waals surface area contributed by atoms with Crippen LogP contribution >= 0.6 is 23.1 Å². The van der Waals surface area contributed by atoms with Gasteiger partial charge in [-0.3, -0.25) is 4.79 Å². The predicted octanol–water partition coefficient (Wildman–Crippen LogP) is 8.64. The van der Waals surface area contributed by atoms with E-state index in [0.29, 0.717) is 43.4 Å². The number of hydrogen-bond acceptors (Lipinski definition) is 6. The Hall–Kier alpha value is -2.91. The fourth-order valence-corrected chi connectivity index (χ4v) is 9.44. The fraction of sp³-hybridized carbons (Fsp3) is 0.389. The van der Waals surface area contributed by atoms with E-state index in [1.54, 1.807) is 23.1 Å². The van der Waals surface area contributed by atoms with Crippen LogP contribution in [0, 0.1) is 17.0 Å². The second kappa shape index (κ2) is 12.5. The third-order valence-corrected chi connectivity index (χ3v) is 12.2. The molecule has 0 saturated heterocycles. The van der Waals surface area contributed by atoms with E-state index in [1.807, 2.05) is 36.4 Å². The summed E-state index contributed by atoms with van der Waals surface area (Å²) < 4.78 is 30.1. The number of aliphatic hydroxyl groups is 2. The number of thiazole rings is 1. The van der Waals surface area contributed by atoms with Crippen molar-refractivity contribution in [2.24, 2.45) is 5.41 Å². The Morgan fingerprint density at radius 2 is 1.89 bits per heavy atom. The van der Waals surface area contributed by atoms with E-state index in [0.717, 1.165) is 50.7 Å². The van der Waals surface area contributed by atoms with Crippen molar-refractivity contribution in [1.82, 2.24) is 4.98 Å². The summed E-state index contributed by atoms with van der Waals surface area (Å²) in [5.74, 6) is -2.14. The molecule has 2 bridgehead atoms. The number of allylic oxidation sites excluding steroid dienone is 2. The quantitative estimate of drug-likeness (QED) is 0.131. The number of rotatable bonds is 5. The lowest BCUT2D eigenvalue weighted by molar-refractivity contribution is -0.0422. The minimum absolute atomic E-state index is 0.0730. The van der Waals surface area contributed by atoms with Crippen LogP contribution in [0.15, 0.2) is 76.7 Å². The summed E-state index contributed by atoms with van der Waals surface area (Å²) in [6, 6.07) is 17.0. The van der Waals surface area contributed by atoms with Crippen LogP contribution in [0.5, 0.6) is 0 Å². The zero-order valence-corrected chi connectivity index (χ0v) is 26.6. The van der Waals surface area contributed by atoms with Gasteiger partial charge < -0.3 is 10.2 Å². The number of fused-ring (bicyclic) bond motifs is 9. The minimum Gasteiger partial charge on any atom is -0.393 e. The number of halogens is 2. The minimum atomic E-state index is -1.07. The fourth-order valence-electron chi connectivity index (χ4n) is 7.06. The SMILES string of the molecule is CC1=CCCC2(C)C(CCC2(O)CSc2nc3ccccc3s2)c2ccc(cc2C(=O)c2ccc(F)c(F)c2)CC(O)CC1. The van der Waals surface area contributed by atoms with Gasteiger partial charge >= 0.3 is 0 Å². The Morgan fingerprint density at radius 1 is 1.07 bits per heavy atom. The molecule has 3 aliphatic carbocycles. The van der Waals surface area contributed by atoms with Gasteiger partial charge in [0.25, 0.3) is 0 Å². The van der Waals surface area contributed by atoms with Gasteiger partial charge in [0.2, 0.25) is 0 Å². The standard InChI is InChI=1S/C36H37F2NO3S2/c1-22-6-5-16-35(2)28(15-17-36(35,42)21-43-34-39-31-7-3-4-8-32(31)44-34)26-13-10-23(18-25(40)12-9-22)19-27(26)33(41)24-11-14-29(37)30(38)20-24/h3-4,6-8,10-11,13-14,19-20,25,28,40,42H,5,9,12,15-18,21H2,1-2H3. The van der Waals surface area contributed by atoms with Crippen molar-refractivity contribution in [1.29, 1.82) is 0 Å². The first-order valence-corrected chi connectivity index (χ1v) is 17.0. The van der Waals surface area contributed by atoms with Crippen molar-refractivity contribution in [3.8, 4) is 0 Å². The molecule has 0 radical (unpaired) electrons. The van der Waals surface area contributed by atoms with Crippen LogP contribution in [0.3, 0.4) is 0 Å². The number of carbonyl (C=O) groups excluding carboxylic acids is 1. The monoisotopic (exact) mass is 633 g/mol. The van der Waals surface area contributed by atoms with Gasteiger partial charge in [0.1, 0.15) is 0 Å². The Morgan fingerprint density at radius 3 is 2.68 bits per heavy atom. The van der Waals surface area contributed by atoms with E-state index in [9.17, 15) is 23.8 Å². The van der Waals surface area contributed by atoms with Crippen molar-refractivity contribution in [2.45, 2.75) is 80.8 Å². The number of ketones is 1. The number of carbonyl (C=O) groups is 1. The molecule has 4 nitrogen and oxygen atoms in total. The maximum absolute atomic E-state index is 14.2. The summed E-state index contributed by atoms with van der Waals surface area (Å²) in [4.78, 5) is 18.8. The lowest BCUT2D eigenvalue weighted by atomic mass is 9.65. The Kier molecular flexibility index (Phi) is 8.81. The molecule has 1 fully saturated rings. The summed E-state index contributed by atoms with van der Waals surface area (Å²) in [5.41, 5.74) is 2.66. The molecule has 4 unspecified atom stereocenters. The van der Waals surface area contributed by atoms with Crippen molar-refractivity contribution >= 4 is 39.1 Å². The second-order valence-electron chi connectivity index (χ2n) is 12.6. The van der Waals surface area contributed by atoms with Gasteiger partial charge in [-0.1, -0.05) is 54.6 Å². The van der Waals surface area contributed by atoms with Crippen molar-refractivity contribution in [3.05, 3.63) is 106 Å². The third kappa shape index (κ3) is 6.02. The van der Waals surface area contributed by atoms with Gasteiger partial charge in [-0.15, -0.1) is 11.3 Å². The Bertz CT molecular complexity index is 1700.